The average molecular weight is 228 g/mol. The normalized spacial score (nSPS) is 10.5. The van der Waals surface area contributed by atoms with E-state index in [1.807, 2.05) is 50.2 Å². The Morgan fingerprint density at radius 2 is 1.65 bits per heavy atom. The van der Waals surface area contributed by atoms with E-state index in [2.05, 4.69) is 0 Å². The lowest BCUT2D eigenvalue weighted by Gasteiger charge is -2.15. The summed E-state index contributed by atoms with van der Waals surface area (Å²) in [6.45, 7) is 4.07. The number of phenolic OH excluding ortho intramolecular Hbond substituents is 1. The second-order valence-corrected chi connectivity index (χ2v) is 4.26. The van der Waals surface area contributed by atoms with Gasteiger partial charge in [0.25, 0.3) is 0 Å². The maximum absolute atomic E-state index is 9.86. The van der Waals surface area contributed by atoms with E-state index in [1.165, 1.54) is 0 Å². The summed E-state index contributed by atoms with van der Waals surface area (Å²) in [6, 6.07) is 14.9. The van der Waals surface area contributed by atoms with Crippen LogP contribution in [0.1, 0.15) is 25.3 Å². The maximum Gasteiger partial charge on any atom is 0.134 e. The molecule has 0 fully saturated rings. The number of hydrogen-bond acceptors (Lipinski definition) is 2. The molecular formula is C15H16O2. The molecule has 1 N–H and O–H groups in total. The number of phenols is 1. The van der Waals surface area contributed by atoms with Gasteiger partial charge in [-0.05, 0) is 30.2 Å². The zero-order valence-electron chi connectivity index (χ0n) is 10.1. The molecule has 0 saturated carbocycles. The molecule has 0 radical (unpaired) electrons. The summed E-state index contributed by atoms with van der Waals surface area (Å²) < 4.78 is 5.79. The lowest BCUT2D eigenvalue weighted by atomic mass is 10.0. The molecule has 2 aromatic rings. The third-order valence-corrected chi connectivity index (χ3v) is 2.59. The van der Waals surface area contributed by atoms with Crippen LogP contribution < -0.4 is 4.74 Å². The maximum atomic E-state index is 9.86. The molecule has 88 valence electrons. The molecule has 0 aliphatic carbocycles. The first-order valence-electron chi connectivity index (χ1n) is 5.73. The highest BCUT2D eigenvalue weighted by Gasteiger charge is 2.13. The quantitative estimate of drug-likeness (QED) is 0.848. The van der Waals surface area contributed by atoms with Crippen LogP contribution in [0.3, 0.4) is 0 Å². The van der Waals surface area contributed by atoms with E-state index in [9.17, 15) is 5.11 Å². The summed E-state index contributed by atoms with van der Waals surface area (Å²) in [7, 11) is 0. The largest absolute Gasteiger partial charge is 0.508 e. The molecule has 0 atom stereocenters. The van der Waals surface area contributed by atoms with Gasteiger partial charge in [-0.25, -0.2) is 0 Å². The Morgan fingerprint density at radius 3 is 2.29 bits per heavy atom. The van der Waals surface area contributed by atoms with Crippen molar-refractivity contribution in [1.29, 1.82) is 0 Å². The number of aromatic hydroxyl groups is 1. The summed E-state index contributed by atoms with van der Waals surface area (Å²) in [5, 5.41) is 9.86. The Hall–Kier alpha value is -1.96. The number of hydrogen-bond donors (Lipinski definition) is 1. The minimum Gasteiger partial charge on any atom is -0.508 e. The van der Waals surface area contributed by atoms with Gasteiger partial charge < -0.3 is 9.84 Å². The van der Waals surface area contributed by atoms with Crippen LogP contribution in [0.5, 0.6) is 17.2 Å². The molecule has 2 nitrogen and oxygen atoms in total. The molecule has 2 aromatic carbocycles. The Balaban J connectivity index is 2.36. The second kappa shape index (κ2) is 4.91. The summed E-state index contributed by atoms with van der Waals surface area (Å²) in [6.07, 6.45) is 0. The lowest BCUT2D eigenvalue weighted by molar-refractivity contribution is 0.438. The van der Waals surface area contributed by atoms with Crippen LogP contribution in [0.4, 0.5) is 0 Å². The lowest BCUT2D eigenvalue weighted by Crippen LogP contribution is -1.94. The highest BCUT2D eigenvalue weighted by atomic mass is 16.5. The van der Waals surface area contributed by atoms with Crippen molar-refractivity contribution < 1.29 is 9.84 Å². The number of benzene rings is 2. The van der Waals surface area contributed by atoms with Crippen molar-refractivity contribution in [1.82, 2.24) is 0 Å². The van der Waals surface area contributed by atoms with E-state index < -0.39 is 0 Å². The van der Waals surface area contributed by atoms with Gasteiger partial charge in [0.05, 0.1) is 0 Å². The van der Waals surface area contributed by atoms with Crippen molar-refractivity contribution >= 4 is 0 Å². The van der Waals surface area contributed by atoms with Crippen molar-refractivity contribution in [2.24, 2.45) is 0 Å². The first-order chi connectivity index (χ1) is 8.18. The topological polar surface area (TPSA) is 29.5 Å². The predicted molar refractivity (Wildman–Crippen MR) is 68.7 cm³/mol. The van der Waals surface area contributed by atoms with Gasteiger partial charge in [0.15, 0.2) is 0 Å². The van der Waals surface area contributed by atoms with E-state index in [0.29, 0.717) is 5.75 Å². The van der Waals surface area contributed by atoms with Gasteiger partial charge in [-0.1, -0.05) is 38.1 Å². The summed E-state index contributed by atoms with van der Waals surface area (Å²) >= 11 is 0. The predicted octanol–water partition coefficient (Wildman–Crippen LogP) is 4.31. The minimum absolute atomic E-state index is 0.218. The molecule has 0 bridgehead atoms. The fraction of sp³-hybridized carbons (Fsp3) is 0.200. The van der Waals surface area contributed by atoms with Crippen LogP contribution in [-0.2, 0) is 0 Å². The zero-order chi connectivity index (χ0) is 12.3. The highest BCUT2D eigenvalue weighted by molar-refractivity contribution is 5.47. The molecule has 0 heterocycles. The SMILES string of the molecule is CC(C)c1c(O)cccc1Oc1ccccc1. The summed E-state index contributed by atoms with van der Waals surface area (Å²) in [5.74, 6) is 1.99. The average Bonchev–Trinajstić information content (AvgIpc) is 2.30. The molecular weight excluding hydrogens is 212 g/mol. The first-order valence-corrected chi connectivity index (χ1v) is 5.73. The van der Waals surface area contributed by atoms with E-state index in [4.69, 9.17) is 4.74 Å². The van der Waals surface area contributed by atoms with Gasteiger partial charge in [-0.3, -0.25) is 0 Å². The third kappa shape index (κ3) is 2.59. The number of rotatable bonds is 3. The monoisotopic (exact) mass is 228 g/mol. The third-order valence-electron chi connectivity index (χ3n) is 2.59. The van der Waals surface area contributed by atoms with Crippen LogP contribution >= 0.6 is 0 Å². The molecule has 0 amide bonds. The fourth-order valence-electron chi connectivity index (χ4n) is 1.82. The van der Waals surface area contributed by atoms with Crippen LogP contribution in [-0.4, -0.2) is 5.11 Å². The van der Waals surface area contributed by atoms with E-state index in [0.717, 1.165) is 11.3 Å². The highest BCUT2D eigenvalue weighted by Crippen LogP contribution is 2.36. The molecule has 0 unspecified atom stereocenters. The Bertz CT molecular complexity index is 490. The number of ether oxygens (including phenoxy) is 1. The van der Waals surface area contributed by atoms with Gasteiger partial charge in [0, 0.05) is 5.56 Å². The molecule has 0 aliphatic rings. The molecule has 0 aliphatic heterocycles. The van der Waals surface area contributed by atoms with E-state index in [-0.39, 0.29) is 11.7 Å². The van der Waals surface area contributed by atoms with Crippen molar-refractivity contribution in [2.75, 3.05) is 0 Å². The van der Waals surface area contributed by atoms with Crippen molar-refractivity contribution in [3.8, 4) is 17.2 Å². The number of para-hydroxylation sites is 1. The van der Waals surface area contributed by atoms with Crippen LogP contribution in [0.25, 0.3) is 0 Å². The Morgan fingerprint density at radius 1 is 0.941 bits per heavy atom. The zero-order valence-corrected chi connectivity index (χ0v) is 10.1. The molecule has 17 heavy (non-hydrogen) atoms. The minimum atomic E-state index is 0.218. The molecule has 2 heteroatoms. The standard InChI is InChI=1S/C15H16O2/c1-11(2)15-13(16)9-6-10-14(15)17-12-7-4-3-5-8-12/h3-11,16H,1-2H3. The van der Waals surface area contributed by atoms with Crippen molar-refractivity contribution in [3.63, 3.8) is 0 Å². The molecule has 0 aromatic heterocycles. The van der Waals surface area contributed by atoms with Gasteiger partial charge in [0.1, 0.15) is 17.2 Å². The van der Waals surface area contributed by atoms with Crippen molar-refractivity contribution in [3.05, 3.63) is 54.1 Å². The molecule has 2 rings (SSSR count). The summed E-state index contributed by atoms with van der Waals surface area (Å²) in [5.41, 5.74) is 0.844. The Labute approximate surface area is 101 Å². The van der Waals surface area contributed by atoms with Gasteiger partial charge >= 0.3 is 0 Å². The molecule has 0 spiro atoms. The van der Waals surface area contributed by atoms with Crippen LogP contribution in [0, 0.1) is 0 Å². The van der Waals surface area contributed by atoms with E-state index in [1.54, 1.807) is 12.1 Å². The molecule has 0 saturated heterocycles. The van der Waals surface area contributed by atoms with Gasteiger partial charge in [0.2, 0.25) is 0 Å². The van der Waals surface area contributed by atoms with Crippen molar-refractivity contribution in [2.45, 2.75) is 19.8 Å². The van der Waals surface area contributed by atoms with Gasteiger partial charge in [-0.2, -0.15) is 0 Å². The Kier molecular flexibility index (Phi) is 3.33. The van der Waals surface area contributed by atoms with Crippen LogP contribution in [0.2, 0.25) is 0 Å². The fourth-order valence-corrected chi connectivity index (χ4v) is 1.82. The van der Waals surface area contributed by atoms with Crippen LogP contribution in [0.15, 0.2) is 48.5 Å². The summed E-state index contributed by atoms with van der Waals surface area (Å²) in [4.78, 5) is 0. The smallest absolute Gasteiger partial charge is 0.134 e. The first kappa shape index (κ1) is 11.5. The van der Waals surface area contributed by atoms with Gasteiger partial charge in [-0.15, -0.1) is 0 Å². The van der Waals surface area contributed by atoms with E-state index >= 15 is 0 Å². The second-order valence-electron chi connectivity index (χ2n) is 4.26.